The largest absolute Gasteiger partial charge is 0.465 e. The quantitative estimate of drug-likeness (QED) is 0.716. The van der Waals surface area contributed by atoms with Gasteiger partial charge in [0.15, 0.2) is 0 Å². The second-order valence-electron chi connectivity index (χ2n) is 3.37. The third-order valence-corrected chi connectivity index (χ3v) is 2.11. The monoisotopic (exact) mass is 222 g/mol. The molecule has 0 spiro atoms. The molecule has 1 rings (SSSR count). The van der Waals surface area contributed by atoms with Crippen LogP contribution < -0.4 is 0 Å². The Morgan fingerprint density at radius 1 is 1.38 bits per heavy atom. The first-order valence-electron chi connectivity index (χ1n) is 5.22. The van der Waals surface area contributed by atoms with Crippen molar-refractivity contribution >= 4 is 5.97 Å². The lowest BCUT2D eigenvalue weighted by atomic mass is 10.2. The lowest BCUT2D eigenvalue weighted by molar-refractivity contribution is -0.142. The van der Waals surface area contributed by atoms with Crippen molar-refractivity contribution in [3.63, 3.8) is 0 Å². The Hall–Kier alpha value is -1.64. The van der Waals surface area contributed by atoms with Gasteiger partial charge in [-0.2, -0.15) is 0 Å². The first-order valence-corrected chi connectivity index (χ1v) is 5.22. The minimum absolute atomic E-state index is 0.0990. The number of hydrogen-bond acceptors (Lipinski definition) is 2. The molecule has 2 nitrogen and oxygen atoms in total. The molecule has 86 valence electrons. The molecule has 0 aromatic heterocycles. The summed E-state index contributed by atoms with van der Waals surface area (Å²) in [5.74, 6) is -0.581. The first kappa shape index (κ1) is 12.4. The summed E-state index contributed by atoms with van der Waals surface area (Å²) in [4.78, 5) is 11.3. The van der Waals surface area contributed by atoms with Crippen LogP contribution in [0.1, 0.15) is 18.9 Å². The van der Waals surface area contributed by atoms with E-state index in [1.54, 1.807) is 6.92 Å². The van der Waals surface area contributed by atoms with Crippen molar-refractivity contribution in [1.29, 1.82) is 0 Å². The zero-order valence-electron chi connectivity index (χ0n) is 9.28. The summed E-state index contributed by atoms with van der Waals surface area (Å²) in [6, 6.07) is 9.32. The summed E-state index contributed by atoms with van der Waals surface area (Å²) in [6.07, 6.45) is 1.75. The van der Waals surface area contributed by atoms with E-state index in [1.807, 2.05) is 30.3 Å². The zero-order chi connectivity index (χ0) is 11.8. The van der Waals surface area contributed by atoms with Crippen LogP contribution in [0.15, 0.2) is 42.2 Å². The van der Waals surface area contributed by atoms with Crippen LogP contribution in [-0.2, 0) is 16.0 Å². The van der Waals surface area contributed by atoms with Crippen LogP contribution in [0.4, 0.5) is 4.39 Å². The number of hydrogen-bond donors (Lipinski definition) is 0. The van der Waals surface area contributed by atoms with E-state index in [0.29, 0.717) is 0 Å². The van der Waals surface area contributed by atoms with Crippen LogP contribution in [0.2, 0.25) is 0 Å². The molecule has 3 heteroatoms. The smallest absolute Gasteiger partial charge is 0.310 e. The molecule has 0 N–H and O–H groups in total. The molecule has 16 heavy (non-hydrogen) atoms. The second kappa shape index (κ2) is 6.77. The Morgan fingerprint density at radius 3 is 2.69 bits per heavy atom. The normalized spacial score (nSPS) is 11.2. The summed E-state index contributed by atoms with van der Waals surface area (Å²) < 4.78 is 17.6. The number of esters is 1. The number of carbonyl (C=O) groups is 1. The number of halogens is 1. The number of ether oxygens (including phenoxy) is 1. The average molecular weight is 222 g/mol. The molecule has 0 saturated carbocycles. The molecule has 0 aliphatic rings. The molecule has 0 unspecified atom stereocenters. The van der Waals surface area contributed by atoms with E-state index in [9.17, 15) is 9.18 Å². The molecular formula is C13H15FO2. The van der Waals surface area contributed by atoms with Gasteiger partial charge in [0, 0.05) is 6.42 Å². The summed E-state index contributed by atoms with van der Waals surface area (Å²) in [5, 5.41) is 0. The Kier molecular flexibility index (Phi) is 5.26. The lowest BCUT2D eigenvalue weighted by Gasteiger charge is -2.03. The third-order valence-electron chi connectivity index (χ3n) is 2.11. The van der Waals surface area contributed by atoms with Gasteiger partial charge in [-0.1, -0.05) is 36.4 Å². The Morgan fingerprint density at radius 2 is 2.06 bits per heavy atom. The summed E-state index contributed by atoms with van der Waals surface area (Å²) in [6.45, 7) is 1.71. The maximum Gasteiger partial charge on any atom is 0.310 e. The molecule has 0 bridgehead atoms. The van der Waals surface area contributed by atoms with Crippen molar-refractivity contribution in [3.8, 4) is 0 Å². The van der Waals surface area contributed by atoms with E-state index >= 15 is 0 Å². The summed E-state index contributed by atoms with van der Waals surface area (Å²) >= 11 is 0. The molecule has 0 atom stereocenters. The van der Waals surface area contributed by atoms with E-state index < -0.39 is 0 Å². The lowest BCUT2D eigenvalue weighted by Crippen LogP contribution is -2.09. The van der Waals surface area contributed by atoms with Crippen LogP contribution in [-0.4, -0.2) is 12.6 Å². The second-order valence-corrected chi connectivity index (χ2v) is 3.37. The topological polar surface area (TPSA) is 26.3 Å². The molecule has 0 aliphatic carbocycles. The van der Waals surface area contributed by atoms with Gasteiger partial charge < -0.3 is 4.74 Å². The van der Waals surface area contributed by atoms with Crippen LogP contribution >= 0.6 is 0 Å². The Balaban J connectivity index is 2.27. The van der Waals surface area contributed by atoms with Crippen molar-refractivity contribution < 1.29 is 13.9 Å². The van der Waals surface area contributed by atoms with Gasteiger partial charge in [0.25, 0.3) is 0 Å². The SMILES string of the molecule is C/C=C(\F)CCOC(=O)Cc1ccccc1. The van der Waals surface area contributed by atoms with Crippen LogP contribution in [0.3, 0.4) is 0 Å². The molecule has 0 saturated heterocycles. The highest BCUT2D eigenvalue weighted by molar-refractivity contribution is 5.72. The van der Waals surface area contributed by atoms with Crippen molar-refractivity contribution in [3.05, 3.63) is 47.8 Å². The first-order chi connectivity index (χ1) is 7.72. The van der Waals surface area contributed by atoms with E-state index in [0.717, 1.165) is 5.56 Å². The van der Waals surface area contributed by atoms with Gasteiger partial charge in [-0.3, -0.25) is 4.79 Å². The van der Waals surface area contributed by atoms with E-state index in [-0.39, 0.29) is 31.2 Å². The Bertz CT molecular complexity index is 357. The fourth-order valence-corrected chi connectivity index (χ4v) is 1.22. The van der Waals surface area contributed by atoms with Crippen LogP contribution in [0.25, 0.3) is 0 Å². The number of benzene rings is 1. The van der Waals surface area contributed by atoms with Crippen LogP contribution in [0.5, 0.6) is 0 Å². The van der Waals surface area contributed by atoms with E-state index in [2.05, 4.69) is 0 Å². The van der Waals surface area contributed by atoms with Crippen molar-refractivity contribution in [2.24, 2.45) is 0 Å². The van der Waals surface area contributed by atoms with Crippen molar-refractivity contribution in [2.45, 2.75) is 19.8 Å². The zero-order valence-corrected chi connectivity index (χ0v) is 9.28. The number of rotatable bonds is 5. The molecular weight excluding hydrogens is 207 g/mol. The minimum atomic E-state index is -0.324. The van der Waals surface area contributed by atoms with Gasteiger partial charge in [-0.15, -0.1) is 0 Å². The van der Waals surface area contributed by atoms with E-state index in [4.69, 9.17) is 4.74 Å². The van der Waals surface area contributed by atoms with E-state index in [1.165, 1.54) is 6.08 Å². The average Bonchev–Trinajstić information content (AvgIpc) is 2.30. The maximum absolute atomic E-state index is 12.7. The number of allylic oxidation sites excluding steroid dienone is 1. The highest BCUT2D eigenvalue weighted by atomic mass is 19.1. The molecule has 1 aromatic carbocycles. The predicted molar refractivity (Wildman–Crippen MR) is 60.6 cm³/mol. The van der Waals surface area contributed by atoms with Gasteiger partial charge in [-0.25, -0.2) is 4.39 Å². The van der Waals surface area contributed by atoms with Crippen molar-refractivity contribution in [1.82, 2.24) is 0 Å². The molecule has 0 fully saturated rings. The number of carbonyl (C=O) groups excluding carboxylic acids is 1. The van der Waals surface area contributed by atoms with Gasteiger partial charge >= 0.3 is 5.97 Å². The predicted octanol–water partition coefficient (Wildman–Crippen LogP) is 3.04. The van der Waals surface area contributed by atoms with Crippen molar-refractivity contribution in [2.75, 3.05) is 6.61 Å². The fraction of sp³-hybridized carbons (Fsp3) is 0.308. The van der Waals surface area contributed by atoms with Gasteiger partial charge in [0.05, 0.1) is 18.9 Å². The highest BCUT2D eigenvalue weighted by Crippen LogP contribution is 2.04. The third kappa shape index (κ3) is 4.73. The molecule has 0 amide bonds. The standard InChI is InChI=1S/C13H15FO2/c1-2-12(14)8-9-16-13(15)10-11-6-4-3-5-7-11/h2-7H,8-10H2,1H3/b12-2-. The van der Waals surface area contributed by atoms with Gasteiger partial charge in [0.1, 0.15) is 0 Å². The molecule has 0 aliphatic heterocycles. The maximum atomic E-state index is 12.7. The highest BCUT2D eigenvalue weighted by Gasteiger charge is 2.04. The molecule has 0 radical (unpaired) electrons. The summed E-state index contributed by atoms with van der Waals surface area (Å²) in [5.41, 5.74) is 0.902. The minimum Gasteiger partial charge on any atom is -0.465 e. The molecule has 0 heterocycles. The fourth-order valence-electron chi connectivity index (χ4n) is 1.22. The Labute approximate surface area is 94.7 Å². The van der Waals surface area contributed by atoms with Gasteiger partial charge in [0.2, 0.25) is 0 Å². The summed E-state index contributed by atoms with van der Waals surface area (Å²) in [7, 11) is 0. The molecule has 1 aromatic rings. The van der Waals surface area contributed by atoms with Gasteiger partial charge in [-0.05, 0) is 12.5 Å². The van der Waals surface area contributed by atoms with Crippen LogP contribution in [0, 0.1) is 0 Å².